The van der Waals surface area contributed by atoms with Gasteiger partial charge in [0.2, 0.25) is 0 Å². The molecule has 0 amide bonds. The Bertz CT molecular complexity index is 155. The molecule has 1 fully saturated rings. The van der Waals surface area contributed by atoms with Crippen LogP contribution < -0.4 is 5.73 Å². The maximum atomic E-state index is 5.96. The molecule has 1 aliphatic carbocycles. The molecule has 0 saturated heterocycles. The lowest BCUT2D eigenvalue weighted by Crippen LogP contribution is -2.37. The van der Waals surface area contributed by atoms with Gasteiger partial charge in [-0.3, -0.25) is 0 Å². The fourth-order valence-electron chi connectivity index (χ4n) is 1.88. The summed E-state index contributed by atoms with van der Waals surface area (Å²) in [6.07, 6.45) is 6.22. The Morgan fingerprint density at radius 3 is 3.10 bits per heavy atom. The topological polar surface area (TPSA) is 26.0 Å². The lowest BCUT2D eigenvalue weighted by Gasteiger charge is -2.29. The van der Waals surface area contributed by atoms with Gasteiger partial charge in [0, 0.05) is 17.2 Å². The van der Waals surface area contributed by atoms with Crippen molar-refractivity contribution >= 4 is 11.8 Å². The second kappa shape index (κ2) is 2.59. The molecule has 2 N–H and O–H groups in total. The minimum Gasteiger partial charge on any atom is -0.327 e. The predicted molar refractivity (Wildman–Crippen MR) is 45.8 cm³/mol. The van der Waals surface area contributed by atoms with Crippen LogP contribution in [-0.2, 0) is 0 Å². The predicted octanol–water partition coefficient (Wildman–Crippen LogP) is 1.74. The number of fused-ring (bicyclic) bond motifs is 1. The van der Waals surface area contributed by atoms with Gasteiger partial charge in [-0.2, -0.15) is 0 Å². The van der Waals surface area contributed by atoms with Crippen LogP contribution in [0.4, 0.5) is 0 Å². The first kappa shape index (κ1) is 6.74. The average Bonchev–Trinajstić information content (AvgIpc) is 2.36. The number of thioether (sulfide) groups is 1. The summed E-state index contributed by atoms with van der Waals surface area (Å²) in [6, 6.07) is 0.449. The molecule has 1 aliphatic heterocycles. The highest BCUT2D eigenvalue weighted by Gasteiger charge is 2.31. The van der Waals surface area contributed by atoms with Crippen molar-refractivity contribution in [3.05, 3.63) is 11.5 Å². The monoisotopic (exact) mass is 155 g/mol. The maximum Gasteiger partial charge on any atom is 0.0166 e. The van der Waals surface area contributed by atoms with Crippen LogP contribution in [0.2, 0.25) is 0 Å². The Balaban J connectivity index is 2.08. The van der Waals surface area contributed by atoms with Gasteiger partial charge in [0.25, 0.3) is 0 Å². The molecule has 1 saturated carbocycles. The van der Waals surface area contributed by atoms with E-state index in [2.05, 4.69) is 11.5 Å². The van der Waals surface area contributed by atoms with Gasteiger partial charge < -0.3 is 5.73 Å². The quantitative estimate of drug-likeness (QED) is 0.576. The Kier molecular flexibility index (Phi) is 1.75. The van der Waals surface area contributed by atoms with E-state index in [1.807, 2.05) is 11.8 Å². The summed E-state index contributed by atoms with van der Waals surface area (Å²) in [7, 11) is 0. The van der Waals surface area contributed by atoms with Crippen molar-refractivity contribution in [2.24, 2.45) is 11.7 Å². The Labute approximate surface area is 66.1 Å². The minimum atomic E-state index is 0.449. The van der Waals surface area contributed by atoms with Gasteiger partial charge in [0.05, 0.1) is 0 Å². The van der Waals surface area contributed by atoms with Crippen LogP contribution in [-0.4, -0.2) is 11.3 Å². The van der Waals surface area contributed by atoms with E-state index >= 15 is 0 Å². The first-order chi connectivity index (χ1) is 4.88. The van der Waals surface area contributed by atoms with Crippen molar-refractivity contribution in [3.63, 3.8) is 0 Å². The van der Waals surface area contributed by atoms with Crippen LogP contribution in [0.3, 0.4) is 0 Å². The standard InChI is InChI=1S/C8H13NS/c9-7-2-1-3-8-6(7)4-5-10-8/h4-8H,1-3,9H2. The number of rotatable bonds is 0. The third-order valence-electron chi connectivity index (χ3n) is 2.50. The summed E-state index contributed by atoms with van der Waals surface area (Å²) < 4.78 is 0. The zero-order valence-electron chi connectivity index (χ0n) is 5.99. The molecule has 2 rings (SSSR count). The fourth-order valence-corrected chi connectivity index (χ4v) is 3.13. The van der Waals surface area contributed by atoms with Crippen LogP contribution in [0, 0.1) is 5.92 Å². The van der Waals surface area contributed by atoms with E-state index in [4.69, 9.17) is 5.73 Å². The van der Waals surface area contributed by atoms with E-state index in [0.29, 0.717) is 12.0 Å². The minimum absolute atomic E-state index is 0.449. The van der Waals surface area contributed by atoms with Gasteiger partial charge in [0.1, 0.15) is 0 Å². The second-order valence-corrected chi connectivity index (χ2v) is 4.33. The fraction of sp³-hybridized carbons (Fsp3) is 0.750. The first-order valence-corrected chi connectivity index (χ1v) is 4.90. The van der Waals surface area contributed by atoms with Crippen molar-refractivity contribution in [2.75, 3.05) is 0 Å². The Morgan fingerprint density at radius 2 is 2.30 bits per heavy atom. The second-order valence-electron chi connectivity index (χ2n) is 3.18. The lowest BCUT2D eigenvalue weighted by atomic mass is 9.85. The summed E-state index contributed by atoms with van der Waals surface area (Å²) >= 11 is 1.97. The van der Waals surface area contributed by atoms with Gasteiger partial charge in [-0.05, 0) is 18.2 Å². The zero-order chi connectivity index (χ0) is 6.97. The van der Waals surface area contributed by atoms with Gasteiger partial charge >= 0.3 is 0 Å². The molecule has 10 heavy (non-hydrogen) atoms. The molecule has 0 spiro atoms. The third kappa shape index (κ3) is 0.995. The summed E-state index contributed by atoms with van der Waals surface area (Å²) in [5, 5.41) is 3.05. The van der Waals surface area contributed by atoms with Crippen molar-refractivity contribution in [1.29, 1.82) is 0 Å². The molecular formula is C8H13NS. The molecule has 2 aliphatic rings. The van der Waals surface area contributed by atoms with Crippen molar-refractivity contribution in [3.8, 4) is 0 Å². The smallest absolute Gasteiger partial charge is 0.0166 e. The van der Waals surface area contributed by atoms with Crippen LogP contribution in [0.1, 0.15) is 19.3 Å². The molecule has 0 aromatic rings. The largest absolute Gasteiger partial charge is 0.327 e. The zero-order valence-corrected chi connectivity index (χ0v) is 6.81. The van der Waals surface area contributed by atoms with Crippen molar-refractivity contribution in [2.45, 2.75) is 30.6 Å². The van der Waals surface area contributed by atoms with Gasteiger partial charge in [0.15, 0.2) is 0 Å². The highest BCUT2D eigenvalue weighted by Crippen LogP contribution is 2.39. The van der Waals surface area contributed by atoms with E-state index in [9.17, 15) is 0 Å². The van der Waals surface area contributed by atoms with Crippen molar-refractivity contribution in [1.82, 2.24) is 0 Å². The normalized spacial score (nSPS) is 45.5. The molecular weight excluding hydrogens is 142 g/mol. The molecule has 0 aromatic carbocycles. The van der Waals surface area contributed by atoms with Gasteiger partial charge in [-0.25, -0.2) is 0 Å². The molecule has 0 bridgehead atoms. The summed E-state index contributed by atoms with van der Waals surface area (Å²) in [5.41, 5.74) is 5.96. The Morgan fingerprint density at radius 1 is 1.40 bits per heavy atom. The number of nitrogens with two attached hydrogens (primary N) is 1. The van der Waals surface area contributed by atoms with Gasteiger partial charge in [-0.1, -0.05) is 12.5 Å². The molecule has 56 valence electrons. The lowest BCUT2D eigenvalue weighted by molar-refractivity contribution is 0.377. The van der Waals surface area contributed by atoms with Crippen LogP contribution in [0.25, 0.3) is 0 Å². The molecule has 0 radical (unpaired) electrons. The van der Waals surface area contributed by atoms with E-state index in [0.717, 1.165) is 5.25 Å². The van der Waals surface area contributed by atoms with E-state index < -0.39 is 0 Å². The molecule has 3 atom stereocenters. The highest BCUT2D eigenvalue weighted by atomic mass is 32.2. The van der Waals surface area contributed by atoms with Crippen LogP contribution in [0.5, 0.6) is 0 Å². The summed E-state index contributed by atoms with van der Waals surface area (Å²) in [6.45, 7) is 0. The van der Waals surface area contributed by atoms with Crippen LogP contribution >= 0.6 is 11.8 Å². The van der Waals surface area contributed by atoms with Crippen LogP contribution in [0.15, 0.2) is 11.5 Å². The molecule has 2 heteroatoms. The molecule has 1 heterocycles. The average molecular weight is 155 g/mol. The Hall–Kier alpha value is 0.0500. The molecule has 0 aromatic heterocycles. The summed E-state index contributed by atoms with van der Waals surface area (Å²) in [4.78, 5) is 0. The molecule has 3 unspecified atom stereocenters. The van der Waals surface area contributed by atoms with Crippen molar-refractivity contribution < 1.29 is 0 Å². The van der Waals surface area contributed by atoms with E-state index in [1.165, 1.54) is 19.3 Å². The highest BCUT2D eigenvalue weighted by molar-refractivity contribution is 8.03. The SMILES string of the molecule is NC1CCCC2SC=CC12. The number of hydrogen-bond acceptors (Lipinski definition) is 2. The maximum absolute atomic E-state index is 5.96. The molecule has 1 nitrogen and oxygen atoms in total. The first-order valence-electron chi connectivity index (χ1n) is 3.95. The van der Waals surface area contributed by atoms with E-state index in [-0.39, 0.29) is 0 Å². The van der Waals surface area contributed by atoms with E-state index in [1.54, 1.807) is 0 Å². The third-order valence-corrected chi connectivity index (χ3v) is 3.72. The summed E-state index contributed by atoms with van der Waals surface area (Å²) in [5.74, 6) is 0.693. The van der Waals surface area contributed by atoms with Gasteiger partial charge in [-0.15, -0.1) is 11.8 Å². The number of hydrogen-bond donors (Lipinski definition) is 1.